The van der Waals surface area contributed by atoms with Gasteiger partial charge in [-0.05, 0) is 56.6 Å². The number of fused-ring (bicyclic) bond motifs is 1. The van der Waals surface area contributed by atoms with E-state index in [-0.39, 0.29) is 19.1 Å². The van der Waals surface area contributed by atoms with Crippen molar-refractivity contribution in [3.63, 3.8) is 0 Å². The molecule has 24 heavy (non-hydrogen) atoms. The molecule has 0 aromatic heterocycles. The molecule has 4 heteroatoms. The van der Waals surface area contributed by atoms with Gasteiger partial charge in [-0.25, -0.2) is 0 Å². The van der Waals surface area contributed by atoms with Crippen LogP contribution in [-0.4, -0.2) is 25.2 Å². The average Bonchev–Trinajstić information content (AvgIpc) is 3.14. The molecular weight excluding hydrogens is 304 g/mol. The van der Waals surface area contributed by atoms with Gasteiger partial charge in [0.15, 0.2) is 5.41 Å². The minimum atomic E-state index is -1.16. The molecule has 0 aliphatic heterocycles. The zero-order valence-electron chi connectivity index (χ0n) is 14.3. The van der Waals surface area contributed by atoms with Crippen molar-refractivity contribution in [3.05, 3.63) is 41.5 Å². The number of benzene rings is 1. The molecule has 0 unspecified atom stereocenters. The molecule has 0 amide bonds. The second-order valence-electron chi connectivity index (χ2n) is 6.51. The van der Waals surface area contributed by atoms with Crippen LogP contribution in [0.1, 0.15) is 45.1 Å². The maximum Gasteiger partial charge on any atom is 0.323 e. The lowest BCUT2D eigenvalue weighted by Gasteiger charge is -2.24. The zero-order valence-corrected chi connectivity index (χ0v) is 14.3. The third kappa shape index (κ3) is 2.74. The Hall–Kier alpha value is -2.10. The van der Waals surface area contributed by atoms with E-state index >= 15 is 0 Å². The molecule has 4 nitrogen and oxygen atoms in total. The second kappa shape index (κ2) is 6.80. The van der Waals surface area contributed by atoms with Crippen molar-refractivity contribution in [2.24, 2.45) is 11.3 Å². The lowest BCUT2D eigenvalue weighted by Crippen LogP contribution is -2.40. The summed E-state index contributed by atoms with van der Waals surface area (Å²) in [7, 11) is 0. The number of esters is 2. The Morgan fingerprint density at radius 3 is 2.29 bits per heavy atom. The van der Waals surface area contributed by atoms with Crippen molar-refractivity contribution >= 4 is 17.5 Å². The summed E-state index contributed by atoms with van der Waals surface area (Å²) in [5.41, 5.74) is 2.56. The fourth-order valence-electron chi connectivity index (χ4n) is 4.10. The van der Waals surface area contributed by atoms with E-state index in [9.17, 15) is 9.59 Å². The minimum Gasteiger partial charge on any atom is -0.465 e. The van der Waals surface area contributed by atoms with Gasteiger partial charge < -0.3 is 9.47 Å². The molecule has 1 aromatic carbocycles. The highest BCUT2D eigenvalue weighted by Crippen LogP contribution is 2.55. The van der Waals surface area contributed by atoms with Gasteiger partial charge in [0, 0.05) is 0 Å². The van der Waals surface area contributed by atoms with Crippen LogP contribution in [0.25, 0.3) is 5.57 Å². The van der Waals surface area contributed by atoms with Gasteiger partial charge in [-0.1, -0.05) is 35.9 Å². The topological polar surface area (TPSA) is 52.6 Å². The Balaban J connectivity index is 1.97. The van der Waals surface area contributed by atoms with E-state index in [1.54, 1.807) is 13.8 Å². The van der Waals surface area contributed by atoms with Crippen LogP contribution < -0.4 is 0 Å². The first kappa shape index (κ1) is 16.7. The van der Waals surface area contributed by atoms with E-state index in [4.69, 9.17) is 9.47 Å². The van der Waals surface area contributed by atoms with Crippen LogP contribution in [0.3, 0.4) is 0 Å². The van der Waals surface area contributed by atoms with Crippen molar-refractivity contribution < 1.29 is 19.1 Å². The van der Waals surface area contributed by atoms with Crippen LogP contribution in [0.5, 0.6) is 0 Å². The Kier molecular flexibility index (Phi) is 4.74. The van der Waals surface area contributed by atoms with Crippen molar-refractivity contribution in [2.45, 2.75) is 39.5 Å². The Labute approximate surface area is 142 Å². The fraction of sp³-hybridized carbons (Fsp3) is 0.500. The monoisotopic (exact) mass is 328 g/mol. The summed E-state index contributed by atoms with van der Waals surface area (Å²) in [6.45, 7) is 4.08. The first-order chi connectivity index (χ1) is 11.6. The van der Waals surface area contributed by atoms with E-state index in [0.29, 0.717) is 12.8 Å². The number of allylic oxidation sites excluding steroid dienone is 2. The Morgan fingerprint density at radius 2 is 1.71 bits per heavy atom. The normalized spacial score (nSPS) is 21.5. The molecule has 0 spiro atoms. The summed E-state index contributed by atoms with van der Waals surface area (Å²) in [4.78, 5) is 25.2. The molecule has 1 fully saturated rings. The predicted octanol–water partition coefficient (Wildman–Crippen LogP) is 3.76. The van der Waals surface area contributed by atoms with Crippen LogP contribution in [-0.2, 0) is 19.1 Å². The van der Waals surface area contributed by atoms with E-state index in [0.717, 1.165) is 12.8 Å². The molecule has 1 saturated carbocycles. The SMILES string of the molecule is CCOC(=O)C1(C(=O)OCC)CC2=C(c3ccccc3)CC[C@H]2C1. The third-order valence-electron chi connectivity index (χ3n) is 5.16. The van der Waals surface area contributed by atoms with Crippen LogP contribution in [0.15, 0.2) is 35.9 Å². The summed E-state index contributed by atoms with van der Waals surface area (Å²) >= 11 is 0. The fourth-order valence-corrected chi connectivity index (χ4v) is 4.10. The van der Waals surface area contributed by atoms with E-state index in [2.05, 4.69) is 12.1 Å². The summed E-state index contributed by atoms with van der Waals surface area (Å²) in [6.07, 6.45) is 2.93. The summed E-state index contributed by atoms with van der Waals surface area (Å²) in [6, 6.07) is 10.2. The van der Waals surface area contributed by atoms with E-state index < -0.39 is 17.4 Å². The van der Waals surface area contributed by atoms with E-state index in [1.807, 2.05) is 18.2 Å². The zero-order chi connectivity index (χ0) is 17.2. The third-order valence-corrected chi connectivity index (χ3v) is 5.16. The largest absolute Gasteiger partial charge is 0.465 e. The second-order valence-corrected chi connectivity index (χ2v) is 6.51. The lowest BCUT2D eigenvalue weighted by molar-refractivity contribution is -0.171. The Morgan fingerprint density at radius 1 is 1.08 bits per heavy atom. The molecule has 0 bridgehead atoms. The van der Waals surface area contributed by atoms with Crippen molar-refractivity contribution in [1.82, 2.24) is 0 Å². The molecule has 1 atom stereocenters. The van der Waals surface area contributed by atoms with E-state index in [1.165, 1.54) is 16.7 Å². The van der Waals surface area contributed by atoms with Gasteiger partial charge in [-0.15, -0.1) is 0 Å². The smallest absolute Gasteiger partial charge is 0.323 e. The van der Waals surface area contributed by atoms with Crippen LogP contribution in [0.4, 0.5) is 0 Å². The minimum absolute atomic E-state index is 0.272. The van der Waals surface area contributed by atoms with Gasteiger partial charge in [-0.3, -0.25) is 9.59 Å². The lowest BCUT2D eigenvalue weighted by atomic mass is 9.83. The van der Waals surface area contributed by atoms with Gasteiger partial charge >= 0.3 is 11.9 Å². The van der Waals surface area contributed by atoms with Crippen LogP contribution in [0, 0.1) is 11.3 Å². The quantitative estimate of drug-likeness (QED) is 0.610. The highest BCUT2D eigenvalue weighted by molar-refractivity contribution is 6.01. The maximum absolute atomic E-state index is 12.6. The van der Waals surface area contributed by atoms with Crippen LogP contribution in [0.2, 0.25) is 0 Å². The number of carbonyl (C=O) groups excluding carboxylic acids is 2. The van der Waals surface area contributed by atoms with Gasteiger partial charge in [0.25, 0.3) is 0 Å². The van der Waals surface area contributed by atoms with Crippen LogP contribution >= 0.6 is 0 Å². The standard InChI is InChI=1S/C20H24O4/c1-3-23-18(21)20(19(22)24-4-2)12-15-10-11-16(17(15)13-20)14-8-6-5-7-9-14/h5-9,15H,3-4,10-13H2,1-2H3/t15-/m0/s1. The number of hydrogen-bond acceptors (Lipinski definition) is 4. The summed E-state index contributed by atoms with van der Waals surface area (Å²) in [5, 5.41) is 0. The Bertz CT molecular complexity index is 641. The molecule has 0 heterocycles. The molecule has 128 valence electrons. The molecule has 3 rings (SSSR count). The molecule has 0 radical (unpaired) electrons. The van der Waals surface area contributed by atoms with Crippen molar-refractivity contribution in [3.8, 4) is 0 Å². The molecular formula is C20H24O4. The number of rotatable bonds is 5. The maximum atomic E-state index is 12.6. The molecule has 0 saturated heterocycles. The van der Waals surface area contributed by atoms with Gasteiger partial charge in [0.2, 0.25) is 0 Å². The van der Waals surface area contributed by atoms with Gasteiger partial charge in [0.05, 0.1) is 13.2 Å². The molecule has 1 aromatic rings. The summed E-state index contributed by atoms with van der Waals surface area (Å²) in [5.74, 6) is -0.593. The average molecular weight is 328 g/mol. The number of carbonyl (C=O) groups is 2. The number of ether oxygens (including phenoxy) is 2. The van der Waals surface area contributed by atoms with Gasteiger partial charge in [0.1, 0.15) is 0 Å². The highest BCUT2D eigenvalue weighted by atomic mass is 16.6. The van der Waals surface area contributed by atoms with Gasteiger partial charge in [-0.2, -0.15) is 0 Å². The number of hydrogen-bond donors (Lipinski definition) is 0. The predicted molar refractivity (Wildman–Crippen MR) is 91.0 cm³/mol. The van der Waals surface area contributed by atoms with Crippen molar-refractivity contribution in [1.29, 1.82) is 0 Å². The summed E-state index contributed by atoms with van der Waals surface area (Å²) < 4.78 is 10.5. The first-order valence-corrected chi connectivity index (χ1v) is 8.74. The first-order valence-electron chi connectivity index (χ1n) is 8.74. The molecule has 2 aliphatic rings. The molecule has 0 N–H and O–H groups in total. The molecule has 2 aliphatic carbocycles. The van der Waals surface area contributed by atoms with Crippen molar-refractivity contribution in [2.75, 3.05) is 13.2 Å². The highest BCUT2D eigenvalue weighted by Gasteiger charge is 2.57.